The van der Waals surface area contributed by atoms with Crippen LogP contribution in [0.4, 0.5) is 10.5 Å². The summed E-state index contributed by atoms with van der Waals surface area (Å²) in [5, 5.41) is 2.78. The third-order valence-electron chi connectivity index (χ3n) is 5.99. The predicted molar refractivity (Wildman–Crippen MR) is 138 cm³/mol. The van der Waals surface area contributed by atoms with Crippen LogP contribution in [0.3, 0.4) is 0 Å². The van der Waals surface area contributed by atoms with Gasteiger partial charge in [-0.05, 0) is 24.3 Å². The van der Waals surface area contributed by atoms with Gasteiger partial charge in [0.05, 0.1) is 6.61 Å². The molecular formula is C28H29NO7S. The molecule has 0 saturated carbocycles. The van der Waals surface area contributed by atoms with Crippen molar-refractivity contribution in [3.05, 3.63) is 96.6 Å². The first-order valence-electron chi connectivity index (χ1n) is 12.0. The van der Waals surface area contributed by atoms with Crippen LogP contribution >= 0.6 is 11.8 Å². The van der Waals surface area contributed by atoms with Gasteiger partial charge in [-0.15, -0.1) is 0 Å². The summed E-state index contributed by atoms with van der Waals surface area (Å²) < 4.78 is 36.1. The van der Waals surface area contributed by atoms with Crippen LogP contribution < -0.4 is 5.32 Å². The molecule has 0 spiro atoms. The third kappa shape index (κ3) is 6.51. The number of para-hydroxylation sites is 1. The Balaban J connectivity index is 1.41. The Kier molecular flexibility index (Phi) is 8.72. The van der Waals surface area contributed by atoms with Crippen LogP contribution in [-0.2, 0) is 28.4 Å². The molecular weight excluding hydrogens is 494 g/mol. The van der Waals surface area contributed by atoms with Crippen molar-refractivity contribution in [1.82, 2.24) is 0 Å². The number of amides is 1. The van der Waals surface area contributed by atoms with E-state index in [9.17, 15) is 4.79 Å². The number of benzene rings is 3. The monoisotopic (exact) mass is 523 g/mol. The molecule has 1 N–H and O–H groups in total. The quantitative estimate of drug-likeness (QED) is 0.402. The minimum absolute atomic E-state index is 0.00298. The van der Waals surface area contributed by atoms with E-state index in [0.717, 1.165) is 10.5 Å². The van der Waals surface area contributed by atoms with Crippen molar-refractivity contribution in [3.8, 4) is 0 Å². The second-order valence-electron chi connectivity index (χ2n) is 8.55. The standard InChI is InChI=1S/C28H29NO7S/c1-31-18-33-24-23-22(17-32-26(35-23)19-11-5-2-6-12-19)34-27(37-21-15-9-4-10-16-21)25(24)36-28(30)29-20-13-7-3-8-14-20/h2-16,22-27H,17-18H2,1H3,(H,29,30)/t22-,23-,24+,25-,26?,27+/m1/s1. The molecule has 2 heterocycles. The fourth-order valence-corrected chi connectivity index (χ4v) is 5.43. The Morgan fingerprint density at radius 1 is 0.919 bits per heavy atom. The number of anilines is 1. The molecule has 3 aromatic rings. The van der Waals surface area contributed by atoms with Gasteiger partial charge in [0.1, 0.15) is 30.5 Å². The largest absolute Gasteiger partial charge is 0.439 e. The molecule has 0 radical (unpaired) electrons. The van der Waals surface area contributed by atoms with Crippen LogP contribution in [0.1, 0.15) is 11.9 Å². The lowest BCUT2D eigenvalue weighted by Crippen LogP contribution is -2.63. The first-order valence-corrected chi connectivity index (χ1v) is 12.9. The molecule has 5 rings (SSSR count). The van der Waals surface area contributed by atoms with Gasteiger partial charge in [0.25, 0.3) is 0 Å². The summed E-state index contributed by atoms with van der Waals surface area (Å²) >= 11 is 1.45. The molecule has 1 amide bonds. The lowest BCUT2D eigenvalue weighted by Gasteiger charge is -2.48. The molecule has 2 aliphatic heterocycles. The summed E-state index contributed by atoms with van der Waals surface area (Å²) in [7, 11) is 1.54. The normalized spacial score (nSPS) is 27.2. The SMILES string of the molecule is COCO[C@@H]1[C@@H](OC(=O)Nc2ccccc2)[C@H](Sc2ccccc2)O[C@@H]2COC(c3ccccc3)O[C@@H]12. The molecule has 0 bridgehead atoms. The number of thioether (sulfide) groups is 1. The molecule has 0 aromatic heterocycles. The highest BCUT2D eigenvalue weighted by atomic mass is 32.2. The third-order valence-corrected chi connectivity index (χ3v) is 7.15. The summed E-state index contributed by atoms with van der Waals surface area (Å²) in [6.07, 6.45) is -3.68. The van der Waals surface area contributed by atoms with Crippen molar-refractivity contribution in [2.45, 2.75) is 41.0 Å². The highest BCUT2D eigenvalue weighted by Gasteiger charge is 2.52. The fourth-order valence-electron chi connectivity index (χ4n) is 4.31. The number of carbonyl (C=O) groups is 1. The first-order chi connectivity index (χ1) is 18.2. The van der Waals surface area contributed by atoms with E-state index in [2.05, 4.69) is 5.32 Å². The number of carbonyl (C=O) groups excluding carboxylic acids is 1. The van der Waals surface area contributed by atoms with E-state index in [-0.39, 0.29) is 6.79 Å². The molecule has 194 valence electrons. The summed E-state index contributed by atoms with van der Waals surface area (Å²) in [4.78, 5) is 14.0. The topological polar surface area (TPSA) is 84.5 Å². The molecule has 6 atom stereocenters. The Hall–Kier alpha value is -2.92. The van der Waals surface area contributed by atoms with Crippen molar-refractivity contribution >= 4 is 23.5 Å². The molecule has 9 heteroatoms. The van der Waals surface area contributed by atoms with Gasteiger partial charge in [-0.25, -0.2) is 4.79 Å². The molecule has 2 aliphatic rings. The van der Waals surface area contributed by atoms with Gasteiger partial charge >= 0.3 is 6.09 Å². The summed E-state index contributed by atoms with van der Waals surface area (Å²) in [5.74, 6) is 0. The molecule has 0 aliphatic carbocycles. The molecule has 2 fully saturated rings. The van der Waals surface area contributed by atoms with Gasteiger partial charge in [-0.1, -0.05) is 78.5 Å². The zero-order valence-corrected chi connectivity index (χ0v) is 21.1. The van der Waals surface area contributed by atoms with Crippen LogP contribution in [0.5, 0.6) is 0 Å². The van der Waals surface area contributed by atoms with E-state index in [1.165, 1.54) is 11.8 Å². The van der Waals surface area contributed by atoms with Gasteiger partial charge < -0.3 is 28.4 Å². The zero-order chi connectivity index (χ0) is 25.5. The van der Waals surface area contributed by atoms with E-state index in [1.54, 1.807) is 19.2 Å². The van der Waals surface area contributed by atoms with E-state index in [4.69, 9.17) is 28.4 Å². The highest BCUT2D eigenvalue weighted by Crippen LogP contribution is 2.41. The van der Waals surface area contributed by atoms with Crippen molar-refractivity contribution in [1.29, 1.82) is 0 Å². The smallest absolute Gasteiger partial charge is 0.412 e. The van der Waals surface area contributed by atoms with Crippen molar-refractivity contribution in [2.75, 3.05) is 25.8 Å². The van der Waals surface area contributed by atoms with Gasteiger partial charge in [0.15, 0.2) is 12.4 Å². The molecule has 37 heavy (non-hydrogen) atoms. The second-order valence-corrected chi connectivity index (χ2v) is 9.72. The summed E-state index contributed by atoms with van der Waals surface area (Å²) in [6, 6.07) is 28.6. The lowest BCUT2D eigenvalue weighted by atomic mass is 9.98. The van der Waals surface area contributed by atoms with Crippen LogP contribution in [0, 0.1) is 0 Å². The van der Waals surface area contributed by atoms with Gasteiger partial charge in [0, 0.05) is 23.3 Å². The number of fused-ring (bicyclic) bond motifs is 1. The van der Waals surface area contributed by atoms with E-state index in [0.29, 0.717) is 12.3 Å². The molecule has 2 saturated heterocycles. The summed E-state index contributed by atoms with van der Waals surface area (Å²) in [6.45, 7) is 0.294. The van der Waals surface area contributed by atoms with Crippen molar-refractivity contribution in [3.63, 3.8) is 0 Å². The van der Waals surface area contributed by atoms with E-state index >= 15 is 0 Å². The average molecular weight is 524 g/mol. The van der Waals surface area contributed by atoms with Crippen LogP contribution in [0.15, 0.2) is 95.9 Å². The summed E-state index contributed by atoms with van der Waals surface area (Å²) in [5.41, 5.74) is 0.925. The minimum Gasteiger partial charge on any atom is -0.439 e. The average Bonchev–Trinajstić information content (AvgIpc) is 2.94. The van der Waals surface area contributed by atoms with Crippen LogP contribution in [0.25, 0.3) is 0 Å². The molecule has 3 aromatic carbocycles. The number of nitrogens with one attached hydrogen (secondary N) is 1. The Bertz CT molecular complexity index is 1120. The number of methoxy groups -OCH3 is 1. The second kappa shape index (κ2) is 12.6. The molecule has 1 unspecified atom stereocenters. The van der Waals surface area contributed by atoms with Crippen molar-refractivity contribution < 1.29 is 33.2 Å². The lowest BCUT2D eigenvalue weighted by molar-refractivity contribution is -0.328. The maximum atomic E-state index is 13.0. The van der Waals surface area contributed by atoms with E-state index < -0.39 is 42.2 Å². The minimum atomic E-state index is -0.806. The van der Waals surface area contributed by atoms with Crippen molar-refractivity contribution in [2.24, 2.45) is 0 Å². The highest BCUT2D eigenvalue weighted by molar-refractivity contribution is 7.99. The van der Waals surface area contributed by atoms with Gasteiger partial charge in [0.2, 0.25) is 0 Å². The Morgan fingerprint density at radius 3 is 2.30 bits per heavy atom. The van der Waals surface area contributed by atoms with Crippen LogP contribution in [0.2, 0.25) is 0 Å². The zero-order valence-electron chi connectivity index (χ0n) is 20.3. The van der Waals surface area contributed by atoms with Crippen LogP contribution in [-0.4, -0.2) is 56.5 Å². The Labute approximate surface area is 220 Å². The maximum absolute atomic E-state index is 13.0. The number of ether oxygens (including phenoxy) is 6. The van der Waals surface area contributed by atoms with E-state index in [1.807, 2.05) is 78.9 Å². The number of hydrogen-bond acceptors (Lipinski definition) is 8. The predicted octanol–water partition coefficient (Wildman–Crippen LogP) is 5.22. The van der Waals surface area contributed by atoms with Gasteiger partial charge in [-0.2, -0.15) is 0 Å². The van der Waals surface area contributed by atoms with Gasteiger partial charge in [-0.3, -0.25) is 5.32 Å². The Morgan fingerprint density at radius 2 is 1.59 bits per heavy atom. The first kappa shape index (κ1) is 25.7. The molecule has 8 nitrogen and oxygen atoms in total. The number of rotatable bonds is 8. The number of hydrogen-bond donors (Lipinski definition) is 1. The maximum Gasteiger partial charge on any atom is 0.412 e. The fraction of sp³-hybridized carbons (Fsp3) is 0.321.